The molecule has 0 aliphatic carbocycles. The molecule has 1 amide bonds. The number of para-hydroxylation sites is 1. The van der Waals surface area contributed by atoms with Gasteiger partial charge in [0.05, 0.1) is 24.4 Å². The van der Waals surface area contributed by atoms with E-state index in [1.165, 1.54) is 7.11 Å². The van der Waals surface area contributed by atoms with Gasteiger partial charge in [-0.05, 0) is 23.8 Å². The molecule has 2 aliphatic heterocycles. The molecule has 3 N–H and O–H groups in total. The molecular weight excluding hydrogens is 430 g/mol. The molecule has 1 atom stereocenters. The van der Waals surface area contributed by atoms with Crippen molar-refractivity contribution >= 4 is 23.2 Å². The third kappa shape index (κ3) is 2.65. The van der Waals surface area contributed by atoms with Gasteiger partial charge in [0.25, 0.3) is 0 Å². The lowest BCUT2D eigenvalue weighted by molar-refractivity contribution is -0.121. The van der Waals surface area contributed by atoms with Crippen molar-refractivity contribution in [1.29, 1.82) is 5.26 Å². The number of ether oxygens (including phenoxy) is 2. The van der Waals surface area contributed by atoms with Crippen molar-refractivity contribution in [2.24, 2.45) is 5.73 Å². The molecule has 0 fully saturated rings. The van der Waals surface area contributed by atoms with Crippen molar-refractivity contribution < 1.29 is 14.3 Å². The Morgan fingerprint density at radius 1 is 1.28 bits per heavy atom. The van der Waals surface area contributed by atoms with Crippen LogP contribution in [-0.2, 0) is 28.1 Å². The molecular formula is C23H18ClN5O3. The third-order valence-electron chi connectivity index (χ3n) is 5.83. The first-order valence-electron chi connectivity index (χ1n) is 9.83. The van der Waals surface area contributed by atoms with Crippen molar-refractivity contribution in [1.82, 2.24) is 10.2 Å². The fourth-order valence-corrected chi connectivity index (χ4v) is 4.66. The summed E-state index contributed by atoms with van der Waals surface area (Å²) >= 11 is 6.03. The average Bonchev–Trinajstić information content (AvgIpc) is 3.29. The predicted molar refractivity (Wildman–Crippen MR) is 117 cm³/mol. The van der Waals surface area contributed by atoms with Gasteiger partial charge in [0.2, 0.25) is 17.7 Å². The standard InChI is InChI=1S/C23H18ClN5O3/c1-31-12-17-19-21(28-27-17)32-20(26)16(10-25)23(19)15-4-2-3-5-18(15)29(22(23)30)11-13-6-8-14(24)9-7-13/h2-9H,11-12,26H2,1H3,(H,27,28). The van der Waals surface area contributed by atoms with Crippen LogP contribution >= 0.6 is 11.6 Å². The number of amides is 1. The van der Waals surface area contributed by atoms with Crippen LogP contribution in [-0.4, -0.2) is 23.2 Å². The van der Waals surface area contributed by atoms with Crippen LogP contribution in [0.3, 0.4) is 0 Å². The molecule has 0 bridgehead atoms. The molecule has 3 heterocycles. The quantitative estimate of drug-likeness (QED) is 0.634. The van der Waals surface area contributed by atoms with Gasteiger partial charge >= 0.3 is 0 Å². The minimum atomic E-state index is -1.49. The second-order valence-corrected chi connectivity index (χ2v) is 7.99. The lowest BCUT2D eigenvalue weighted by atomic mass is 9.69. The summed E-state index contributed by atoms with van der Waals surface area (Å²) in [5.74, 6) is -0.298. The second-order valence-electron chi connectivity index (χ2n) is 7.55. The van der Waals surface area contributed by atoms with Crippen LogP contribution in [0.2, 0.25) is 5.02 Å². The van der Waals surface area contributed by atoms with Crippen LogP contribution in [0, 0.1) is 11.3 Å². The molecule has 2 aliphatic rings. The average molecular weight is 448 g/mol. The highest BCUT2D eigenvalue weighted by atomic mass is 35.5. The Labute approximate surface area is 188 Å². The van der Waals surface area contributed by atoms with Gasteiger partial charge in [0, 0.05) is 23.4 Å². The van der Waals surface area contributed by atoms with E-state index in [2.05, 4.69) is 16.3 Å². The molecule has 5 rings (SSSR count). The zero-order valence-corrected chi connectivity index (χ0v) is 17.8. The Kier molecular flexibility index (Phi) is 4.66. The van der Waals surface area contributed by atoms with Crippen LogP contribution in [0.4, 0.5) is 5.69 Å². The maximum absolute atomic E-state index is 14.3. The lowest BCUT2D eigenvalue weighted by Crippen LogP contribution is -2.46. The largest absolute Gasteiger partial charge is 0.420 e. The molecule has 0 saturated carbocycles. The molecule has 1 spiro atoms. The minimum Gasteiger partial charge on any atom is -0.420 e. The molecule has 8 nitrogen and oxygen atoms in total. The lowest BCUT2D eigenvalue weighted by Gasteiger charge is -2.32. The summed E-state index contributed by atoms with van der Waals surface area (Å²) < 4.78 is 10.9. The number of H-pyrrole nitrogens is 1. The zero-order chi connectivity index (χ0) is 22.5. The van der Waals surface area contributed by atoms with E-state index < -0.39 is 5.41 Å². The number of fused-ring (bicyclic) bond motifs is 4. The van der Waals surface area contributed by atoms with Gasteiger partial charge in [0.15, 0.2) is 0 Å². The van der Waals surface area contributed by atoms with E-state index in [9.17, 15) is 10.1 Å². The Morgan fingerprint density at radius 3 is 2.75 bits per heavy atom. The normalized spacial score (nSPS) is 19.0. The van der Waals surface area contributed by atoms with Gasteiger partial charge in [-0.1, -0.05) is 41.9 Å². The van der Waals surface area contributed by atoms with Crippen LogP contribution < -0.4 is 15.4 Å². The molecule has 9 heteroatoms. The summed E-state index contributed by atoms with van der Waals surface area (Å²) in [7, 11) is 1.54. The van der Waals surface area contributed by atoms with Crippen molar-refractivity contribution in [2.45, 2.75) is 18.6 Å². The first kappa shape index (κ1) is 20.1. The van der Waals surface area contributed by atoms with E-state index in [1.54, 1.807) is 17.0 Å². The molecule has 2 aromatic carbocycles. The number of benzene rings is 2. The van der Waals surface area contributed by atoms with E-state index in [4.69, 9.17) is 26.8 Å². The number of hydrogen-bond acceptors (Lipinski definition) is 6. The van der Waals surface area contributed by atoms with Gasteiger partial charge in [-0.2, -0.15) is 5.26 Å². The first-order chi connectivity index (χ1) is 15.5. The van der Waals surface area contributed by atoms with Gasteiger partial charge < -0.3 is 20.1 Å². The number of methoxy groups -OCH3 is 1. The van der Waals surface area contributed by atoms with E-state index in [1.807, 2.05) is 36.4 Å². The first-order valence-corrected chi connectivity index (χ1v) is 10.2. The van der Waals surface area contributed by atoms with E-state index in [-0.39, 0.29) is 29.9 Å². The maximum Gasteiger partial charge on any atom is 0.248 e. The highest BCUT2D eigenvalue weighted by molar-refractivity contribution is 6.30. The smallest absolute Gasteiger partial charge is 0.248 e. The highest BCUT2D eigenvalue weighted by Gasteiger charge is 2.60. The van der Waals surface area contributed by atoms with Crippen molar-refractivity contribution in [3.8, 4) is 11.9 Å². The second kappa shape index (κ2) is 7.41. The van der Waals surface area contributed by atoms with Crippen molar-refractivity contribution in [3.63, 3.8) is 0 Å². The Bertz CT molecular complexity index is 1310. The summed E-state index contributed by atoms with van der Waals surface area (Å²) in [6.07, 6.45) is 0. The number of hydrogen-bond donors (Lipinski definition) is 2. The number of aromatic nitrogens is 2. The van der Waals surface area contributed by atoms with Crippen LogP contribution in [0.1, 0.15) is 22.4 Å². The number of rotatable bonds is 4. The molecule has 32 heavy (non-hydrogen) atoms. The summed E-state index contributed by atoms with van der Waals surface area (Å²) in [5, 5.41) is 17.8. The van der Waals surface area contributed by atoms with Crippen molar-refractivity contribution in [2.75, 3.05) is 12.0 Å². The summed E-state index contributed by atoms with van der Waals surface area (Å²) in [5.41, 5.74) is 7.88. The number of anilines is 1. The number of carbonyl (C=O) groups is 1. The highest BCUT2D eigenvalue weighted by Crippen LogP contribution is 2.56. The maximum atomic E-state index is 14.3. The van der Waals surface area contributed by atoms with Crippen LogP contribution in [0.5, 0.6) is 5.88 Å². The summed E-state index contributed by atoms with van der Waals surface area (Å²) in [6.45, 7) is 0.444. The number of aromatic amines is 1. The summed E-state index contributed by atoms with van der Waals surface area (Å²) in [4.78, 5) is 15.9. The van der Waals surface area contributed by atoms with Crippen LogP contribution in [0.15, 0.2) is 60.0 Å². The molecule has 1 unspecified atom stereocenters. The van der Waals surface area contributed by atoms with Gasteiger partial charge in [-0.25, -0.2) is 0 Å². The zero-order valence-electron chi connectivity index (χ0n) is 17.1. The number of nitrogens with two attached hydrogens (primary N) is 1. The molecule has 160 valence electrons. The monoisotopic (exact) mass is 447 g/mol. The predicted octanol–water partition coefficient (Wildman–Crippen LogP) is 3.13. The third-order valence-corrected chi connectivity index (χ3v) is 6.08. The number of carbonyl (C=O) groups excluding carboxylic acids is 1. The van der Waals surface area contributed by atoms with E-state index in [0.717, 1.165) is 5.56 Å². The Balaban J connectivity index is 1.77. The van der Waals surface area contributed by atoms with Crippen LogP contribution in [0.25, 0.3) is 0 Å². The van der Waals surface area contributed by atoms with E-state index in [0.29, 0.717) is 34.1 Å². The SMILES string of the molecule is COCc1[nH]nc2c1C1(C(=O)N(Cc3ccc(Cl)cc3)c3ccccc31)C(C#N)=C(N)O2. The number of halogens is 1. The summed E-state index contributed by atoms with van der Waals surface area (Å²) in [6, 6.07) is 16.8. The molecule has 1 aromatic heterocycles. The minimum absolute atomic E-state index is 0.0276. The van der Waals surface area contributed by atoms with Crippen molar-refractivity contribution in [3.05, 3.63) is 87.4 Å². The Hall–Kier alpha value is -3.80. The van der Waals surface area contributed by atoms with Gasteiger partial charge in [-0.15, -0.1) is 5.10 Å². The number of nitriles is 1. The number of nitrogens with one attached hydrogen (secondary N) is 1. The van der Waals surface area contributed by atoms with Gasteiger partial charge in [0.1, 0.15) is 17.1 Å². The topological polar surface area (TPSA) is 117 Å². The molecule has 3 aromatic rings. The fourth-order valence-electron chi connectivity index (χ4n) is 4.54. The molecule has 0 radical (unpaired) electrons. The fraction of sp³-hybridized carbons (Fsp3) is 0.174. The number of nitrogens with zero attached hydrogens (tertiary/aromatic N) is 3. The van der Waals surface area contributed by atoms with Gasteiger partial charge in [-0.3, -0.25) is 9.89 Å². The molecule has 0 saturated heterocycles. The Morgan fingerprint density at radius 2 is 2.03 bits per heavy atom. The van der Waals surface area contributed by atoms with E-state index >= 15 is 0 Å².